The quantitative estimate of drug-likeness (QED) is 0.288. The summed E-state index contributed by atoms with van der Waals surface area (Å²) in [6.07, 6.45) is 1.80. The predicted octanol–water partition coefficient (Wildman–Crippen LogP) is 0.916. The molecule has 0 saturated carbocycles. The number of carbonyl (C=O) groups excluding carboxylic acids is 3. The number of urea groups is 2. The number of aldehydes is 1. The number of hydrogen-bond acceptors (Lipinski definition) is 4. The lowest BCUT2D eigenvalue weighted by molar-refractivity contribution is -0.139. The van der Waals surface area contributed by atoms with E-state index in [1.807, 2.05) is 31.2 Å². The van der Waals surface area contributed by atoms with Crippen molar-refractivity contribution in [2.24, 2.45) is 0 Å². The van der Waals surface area contributed by atoms with Crippen molar-refractivity contribution in [3.8, 4) is 0 Å². The first-order valence-corrected chi connectivity index (χ1v) is 8.70. The van der Waals surface area contributed by atoms with Gasteiger partial charge in [0.05, 0.1) is 6.54 Å². The van der Waals surface area contributed by atoms with Crippen molar-refractivity contribution in [3.63, 3.8) is 0 Å². The molecule has 148 valence electrons. The van der Waals surface area contributed by atoms with E-state index in [0.717, 1.165) is 11.1 Å². The number of nitrogens with one attached hydrogen (secondary N) is 4. The van der Waals surface area contributed by atoms with Crippen LogP contribution in [0, 0.1) is 6.92 Å². The van der Waals surface area contributed by atoms with E-state index in [9.17, 15) is 19.2 Å². The van der Waals surface area contributed by atoms with Crippen LogP contribution in [0.15, 0.2) is 24.3 Å². The Morgan fingerprint density at radius 3 is 2.56 bits per heavy atom. The zero-order valence-corrected chi connectivity index (χ0v) is 15.3. The van der Waals surface area contributed by atoms with Gasteiger partial charge in [-0.2, -0.15) is 0 Å². The number of hydrogen-bond donors (Lipinski definition) is 5. The van der Waals surface area contributed by atoms with E-state index in [0.29, 0.717) is 32.2 Å². The van der Waals surface area contributed by atoms with Crippen molar-refractivity contribution in [3.05, 3.63) is 35.4 Å². The van der Waals surface area contributed by atoms with Gasteiger partial charge in [0.2, 0.25) is 0 Å². The fraction of sp³-hybridized carbons (Fsp3) is 0.444. The van der Waals surface area contributed by atoms with E-state index in [-0.39, 0.29) is 19.0 Å². The molecular formula is C18H26N4O5. The number of carboxylic acids is 1. The SMILES string of the molecule is Cc1cccc(CNC(=O)NCCCC[C@H](NC(=O)NCC=O)C(=O)O)c1. The number of benzene rings is 1. The Labute approximate surface area is 157 Å². The zero-order valence-electron chi connectivity index (χ0n) is 15.3. The van der Waals surface area contributed by atoms with Gasteiger partial charge in [-0.15, -0.1) is 0 Å². The fourth-order valence-electron chi connectivity index (χ4n) is 2.34. The Morgan fingerprint density at radius 1 is 1.11 bits per heavy atom. The molecule has 9 heteroatoms. The normalized spacial score (nSPS) is 11.1. The molecule has 0 saturated heterocycles. The molecule has 1 rings (SSSR count). The van der Waals surface area contributed by atoms with Crippen LogP contribution in [0.4, 0.5) is 9.59 Å². The number of aliphatic carboxylic acids is 1. The van der Waals surface area contributed by atoms with Gasteiger partial charge in [0.1, 0.15) is 12.3 Å². The van der Waals surface area contributed by atoms with Crippen LogP contribution in [0.2, 0.25) is 0 Å². The van der Waals surface area contributed by atoms with Crippen LogP contribution >= 0.6 is 0 Å². The summed E-state index contributed by atoms with van der Waals surface area (Å²) >= 11 is 0. The van der Waals surface area contributed by atoms with E-state index in [4.69, 9.17) is 5.11 Å². The molecule has 0 aromatic heterocycles. The number of amides is 4. The molecule has 0 bridgehead atoms. The molecule has 1 aromatic rings. The lowest BCUT2D eigenvalue weighted by atomic mass is 10.1. The van der Waals surface area contributed by atoms with Crippen molar-refractivity contribution in [2.75, 3.05) is 13.1 Å². The number of aryl methyl sites for hydroxylation is 1. The number of carboxylic acid groups (broad SMARTS) is 1. The molecule has 0 fully saturated rings. The first-order chi connectivity index (χ1) is 12.9. The van der Waals surface area contributed by atoms with Crippen molar-refractivity contribution < 1.29 is 24.3 Å². The maximum Gasteiger partial charge on any atom is 0.326 e. The van der Waals surface area contributed by atoms with Gasteiger partial charge >= 0.3 is 18.0 Å². The Kier molecular flexibility index (Phi) is 9.98. The largest absolute Gasteiger partial charge is 0.480 e. The third-order valence-electron chi connectivity index (χ3n) is 3.69. The summed E-state index contributed by atoms with van der Waals surface area (Å²) in [5, 5.41) is 19.1. The first kappa shape index (κ1) is 21.9. The molecule has 0 aliphatic heterocycles. The zero-order chi connectivity index (χ0) is 20.1. The Balaban J connectivity index is 2.19. The lowest BCUT2D eigenvalue weighted by Crippen LogP contribution is -2.46. The van der Waals surface area contributed by atoms with Gasteiger partial charge in [-0.25, -0.2) is 14.4 Å². The molecule has 5 N–H and O–H groups in total. The number of carbonyl (C=O) groups is 4. The maximum absolute atomic E-state index is 11.7. The van der Waals surface area contributed by atoms with Crippen LogP contribution in [0.3, 0.4) is 0 Å². The van der Waals surface area contributed by atoms with Crippen LogP contribution in [-0.4, -0.2) is 48.6 Å². The standard InChI is InChI=1S/C18H26N4O5/c1-13-5-4-6-14(11-13)12-21-17(26)19-8-3-2-7-15(16(24)25)22-18(27)20-9-10-23/h4-6,10-11,15H,2-3,7-9,12H2,1H3,(H,24,25)(H2,19,21,26)(H2,20,22,27)/t15-/m0/s1. The maximum atomic E-state index is 11.7. The minimum atomic E-state index is -1.15. The van der Waals surface area contributed by atoms with Gasteiger partial charge in [-0.3, -0.25) is 0 Å². The van der Waals surface area contributed by atoms with Crippen molar-refractivity contribution in [1.29, 1.82) is 0 Å². The van der Waals surface area contributed by atoms with E-state index in [2.05, 4.69) is 21.3 Å². The van der Waals surface area contributed by atoms with Gasteiger partial charge in [-0.05, 0) is 31.7 Å². The molecule has 0 heterocycles. The van der Waals surface area contributed by atoms with Gasteiger partial charge in [0.25, 0.3) is 0 Å². The van der Waals surface area contributed by atoms with Gasteiger partial charge in [0.15, 0.2) is 0 Å². The second-order valence-electron chi connectivity index (χ2n) is 6.01. The second-order valence-corrected chi connectivity index (χ2v) is 6.01. The molecular weight excluding hydrogens is 352 g/mol. The Morgan fingerprint density at radius 2 is 1.89 bits per heavy atom. The highest BCUT2D eigenvalue weighted by molar-refractivity contribution is 5.83. The van der Waals surface area contributed by atoms with Gasteiger partial charge in [-0.1, -0.05) is 29.8 Å². The van der Waals surface area contributed by atoms with Crippen LogP contribution in [-0.2, 0) is 16.1 Å². The molecule has 27 heavy (non-hydrogen) atoms. The first-order valence-electron chi connectivity index (χ1n) is 8.70. The second kappa shape index (κ2) is 12.3. The number of rotatable bonds is 11. The fourth-order valence-corrected chi connectivity index (χ4v) is 2.34. The summed E-state index contributed by atoms with van der Waals surface area (Å²) in [6, 6.07) is 5.78. The van der Waals surface area contributed by atoms with Gasteiger partial charge in [0, 0.05) is 13.1 Å². The predicted molar refractivity (Wildman–Crippen MR) is 99.3 cm³/mol. The van der Waals surface area contributed by atoms with Crippen molar-refractivity contribution in [2.45, 2.75) is 38.8 Å². The summed E-state index contributed by atoms with van der Waals surface area (Å²) in [5.74, 6) is -1.15. The molecule has 0 aliphatic carbocycles. The van der Waals surface area contributed by atoms with Gasteiger partial charge < -0.3 is 31.2 Å². The van der Waals surface area contributed by atoms with Crippen LogP contribution in [0.1, 0.15) is 30.4 Å². The van der Waals surface area contributed by atoms with E-state index < -0.39 is 18.0 Å². The Hall–Kier alpha value is -3.10. The molecule has 0 unspecified atom stereocenters. The van der Waals surface area contributed by atoms with Crippen molar-refractivity contribution >= 4 is 24.3 Å². The smallest absolute Gasteiger partial charge is 0.326 e. The topological polar surface area (TPSA) is 137 Å². The van der Waals surface area contributed by atoms with E-state index >= 15 is 0 Å². The minimum Gasteiger partial charge on any atom is -0.480 e. The third-order valence-corrected chi connectivity index (χ3v) is 3.69. The summed E-state index contributed by atoms with van der Waals surface area (Å²) < 4.78 is 0. The van der Waals surface area contributed by atoms with Crippen LogP contribution in [0.5, 0.6) is 0 Å². The van der Waals surface area contributed by atoms with Crippen molar-refractivity contribution in [1.82, 2.24) is 21.3 Å². The highest BCUT2D eigenvalue weighted by Crippen LogP contribution is 2.03. The highest BCUT2D eigenvalue weighted by Gasteiger charge is 2.19. The molecule has 9 nitrogen and oxygen atoms in total. The Bertz CT molecular complexity index is 650. The molecule has 1 aromatic carbocycles. The summed E-state index contributed by atoms with van der Waals surface area (Å²) in [5.41, 5.74) is 2.13. The van der Waals surface area contributed by atoms with E-state index in [1.165, 1.54) is 0 Å². The molecule has 1 atom stereocenters. The summed E-state index contributed by atoms with van der Waals surface area (Å²) in [7, 11) is 0. The lowest BCUT2D eigenvalue weighted by Gasteiger charge is -2.14. The number of unbranched alkanes of at least 4 members (excludes halogenated alkanes) is 1. The summed E-state index contributed by atoms with van der Waals surface area (Å²) in [6.45, 7) is 2.62. The molecule has 0 aliphatic rings. The molecule has 0 radical (unpaired) electrons. The summed E-state index contributed by atoms with van der Waals surface area (Å²) in [4.78, 5) is 44.4. The average Bonchev–Trinajstić information content (AvgIpc) is 2.63. The van der Waals surface area contributed by atoms with Crippen LogP contribution in [0.25, 0.3) is 0 Å². The molecule has 0 spiro atoms. The molecule has 4 amide bonds. The third kappa shape index (κ3) is 9.83. The highest BCUT2D eigenvalue weighted by atomic mass is 16.4. The minimum absolute atomic E-state index is 0.181. The van der Waals surface area contributed by atoms with Crippen LogP contribution < -0.4 is 21.3 Å². The monoisotopic (exact) mass is 378 g/mol. The average molecular weight is 378 g/mol. The van der Waals surface area contributed by atoms with E-state index in [1.54, 1.807) is 0 Å².